The van der Waals surface area contributed by atoms with Crippen LogP contribution in [0.15, 0.2) is 30.5 Å². The minimum Gasteiger partial charge on any atom is -0.497 e. The molecule has 0 saturated carbocycles. The van der Waals surface area contributed by atoms with E-state index in [0.29, 0.717) is 11.5 Å². The smallest absolute Gasteiger partial charge is 0.339 e. The zero-order chi connectivity index (χ0) is 16.5. The summed E-state index contributed by atoms with van der Waals surface area (Å²) >= 11 is 0. The molecule has 0 aromatic heterocycles. The molecule has 0 spiro atoms. The molecule has 0 radical (unpaired) electrons. The standard InChI is InChI=1S/C15H18O7/c1-10(2)22-9-20-6-7-21-15(18)13-8-11(19-3)4-5-12(13)14(16)17/h4-5,8H,1,6-7,9H2,2-3H3,(H,16,17). The summed E-state index contributed by atoms with van der Waals surface area (Å²) in [6.07, 6.45) is 0. The Morgan fingerprint density at radius 3 is 2.50 bits per heavy atom. The van der Waals surface area contributed by atoms with Crippen molar-refractivity contribution < 1.29 is 33.6 Å². The number of carbonyl (C=O) groups is 2. The fourth-order valence-corrected chi connectivity index (χ4v) is 1.48. The highest BCUT2D eigenvalue weighted by Crippen LogP contribution is 2.18. The van der Waals surface area contributed by atoms with Crippen molar-refractivity contribution in [1.82, 2.24) is 0 Å². The maximum absolute atomic E-state index is 11.9. The average Bonchev–Trinajstić information content (AvgIpc) is 2.49. The Hall–Kier alpha value is -2.54. The molecule has 0 aliphatic heterocycles. The van der Waals surface area contributed by atoms with Crippen molar-refractivity contribution >= 4 is 11.9 Å². The van der Waals surface area contributed by atoms with Gasteiger partial charge < -0.3 is 24.1 Å². The van der Waals surface area contributed by atoms with E-state index < -0.39 is 11.9 Å². The SMILES string of the molecule is C=C(C)OCOCCOC(=O)c1cc(OC)ccc1C(=O)O. The van der Waals surface area contributed by atoms with E-state index in [2.05, 4.69) is 6.58 Å². The molecule has 120 valence electrons. The highest BCUT2D eigenvalue weighted by atomic mass is 16.7. The number of rotatable bonds is 9. The lowest BCUT2D eigenvalue weighted by molar-refractivity contribution is -0.0387. The van der Waals surface area contributed by atoms with Crippen LogP contribution < -0.4 is 4.74 Å². The van der Waals surface area contributed by atoms with Gasteiger partial charge in [0.2, 0.25) is 0 Å². The second-order valence-electron chi connectivity index (χ2n) is 4.23. The zero-order valence-corrected chi connectivity index (χ0v) is 12.5. The second-order valence-corrected chi connectivity index (χ2v) is 4.23. The molecule has 0 atom stereocenters. The van der Waals surface area contributed by atoms with E-state index in [4.69, 9.17) is 24.1 Å². The number of esters is 1. The first-order valence-corrected chi connectivity index (χ1v) is 6.40. The zero-order valence-electron chi connectivity index (χ0n) is 12.5. The van der Waals surface area contributed by atoms with Crippen molar-refractivity contribution in [1.29, 1.82) is 0 Å². The number of carboxylic acids is 1. The van der Waals surface area contributed by atoms with Gasteiger partial charge in [0.25, 0.3) is 0 Å². The number of benzene rings is 1. The van der Waals surface area contributed by atoms with Crippen LogP contribution >= 0.6 is 0 Å². The Labute approximate surface area is 128 Å². The van der Waals surface area contributed by atoms with Gasteiger partial charge in [-0.2, -0.15) is 0 Å². The normalized spacial score (nSPS) is 9.91. The molecule has 0 aliphatic carbocycles. The van der Waals surface area contributed by atoms with Crippen LogP contribution in [0.1, 0.15) is 27.6 Å². The molecular formula is C15H18O7. The van der Waals surface area contributed by atoms with E-state index in [0.717, 1.165) is 0 Å². The summed E-state index contributed by atoms with van der Waals surface area (Å²) in [4.78, 5) is 23.0. The lowest BCUT2D eigenvalue weighted by Crippen LogP contribution is -2.15. The fourth-order valence-electron chi connectivity index (χ4n) is 1.48. The van der Waals surface area contributed by atoms with Crippen molar-refractivity contribution in [3.63, 3.8) is 0 Å². The monoisotopic (exact) mass is 310 g/mol. The molecule has 22 heavy (non-hydrogen) atoms. The Morgan fingerprint density at radius 1 is 1.18 bits per heavy atom. The molecule has 0 heterocycles. The third kappa shape index (κ3) is 5.45. The van der Waals surface area contributed by atoms with Gasteiger partial charge >= 0.3 is 11.9 Å². The van der Waals surface area contributed by atoms with Crippen molar-refractivity contribution in [2.75, 3.05) is 27.1 Å². The second kappa shape index (κ2) is 8.68. The van der Waals surface area contributed by atoms with Gasteiger partial charge in [-0.1, -0.05) is 6.58 Å². The Kier molecular flexibility index (Phi) is 6.91. The van der Waals surface area contributed by atoms with Crippen LogP contribution in [0.3, 0.4) is 0 Å². The lowest BCUT2D eigenvalue weighted by atomic mass is 10.1. The summed E-state index contributed by atoms with van der Waals surface area (Å²) in [7, 11) is 1.42. The summed E-state index contributed by atoms with van der Waals surface area (Å²) in [5.41, 5.74) is -0.234. The molecule has 0 saturated heterocycles. The van der Waals surface area contributed by atoms with Crippen molar-refractivity contribution in [3.8, 4) is 5.75 Å². The number of ether oxygens (including phenoxy) is 4. The number of methoxy groups -OCH3 is 1. The van der Waals surface area contributed by atoms with E-state index in [1.165, 1.54) is 25.3 Å². The number of allylic oxidation sites excluding steroid dienone is 1. The summed E-state index contributed by atoms with van der Waals surface area (Å²) < 4.78 is 19.9. The van der Waals surface area contributed by atoms with Crippen LogP contribution in [0.25, 0.3) is 0 Å². The third-order valence-electron chi connectivity index (χ3n) is 2.53. The van der Waals surface area contributed by atoms with E-state index in [1.807, 2.05) is 0 Å². The molecule has 1 rings (SSSR count). The summed E-state index contributed by atoms with van der Waals surface area (Å²) in [5.74, 6) is -1.11. The van der Waals surface area contributed by atoms with E-state index in [1.54, 1.807) is 6.92 Å². The maximum atomic E-state index is 11.9. The lowest BCUT2D eigenvalue weighted by Gasteiger charge is -2.10. The number of hydrogen-bond donors (Lipinski definition) is 1. The van der Waals surface area contributed by atoms with E-state index in [9.17, 15) is 9.59 Å². The Bertz CT molecular complexity index is 551. The predicted octanol–water partition coefficient (Wildman–Crippen LogP) is 2.07. The average molecular weight is 310 g/mol. The van der Waals surface area contributed by atoms with Crippen LogP contribution in [-0.2, 0) is 14.2 Å². The molecule has 0 bridgehead atoms. The predicted molar refractivity (Wildman–Crippen MR) is 77.0 cm³/mol. The molecule has 0 fully saturated rings. The first-order chi connectivity index (χ1) is 10.5. The van der Waals surface area contributed by atoms with Gasteiger partial charge in [-0.3, -0.25) is 0 Å². The van der Waals surface area contributed by atoms with E-state index in [-0.39, 0.29) is 31.1 Å². The first kappa shape index (κ1) is 17.5. The van der Waals surface area contributed by atoms with Crippen molar-refractivity contribution in [2.45, 2.75) is 6.92 Å². The van der Waals surface area contributed by atoms with Gasteiger partial charge in [-0.25, -0.2) is 9.59 Å². The van der Waals surface area contributed by atoms with Crippen LogP contribution in [0.2, 0.25) is 0 Å². The van der Waals surface area contributed by atoms with Gasteiger partial charge in [-0.05, 0) is 25.1 Å². The third-order valence-corrected chi connectivity index (χ3v) is 2.53. The van der Waals surface area contributed by atoms with E-state index >= 15 is 0 Å². The molecule has 1 aromatic rings. The van der Waals surface area contributed by atoms with Crippen LogP contribution in [0, 0.1) is 0 Å². The van der Waals surface area contributed by atoms with Gasteiger partial charge in [0.1, 0.15) is 12.4 Å². The quantitative estimate of drug-likeness (QED) is 0.323. The van der Waals surface area contributed by atoms with Crippen LogP contribution in [-0.4, -0.2) is 44.2 Å². The first-order valence-electron chi connectivity index (χ1n) is 6.40. The summed E-state index contributed by atoms with van der Waals surface area (Å²) in [5, 5.41) is 9.07. The summed E-state index contributed by atoms with van der Waals surface area (Å²) in [6, 6.07) is 4.06. The van der Waals surface area contributed by atoms with Gasteiger partial charge in [-0.15, -0.1) is 0 Å². The largest absolute Gasteiger partial charge is 0.497 e. The molecule has 0 unspecified atom stereocenters. The van der Waals surface area contributed by atoms with Gasteiger partial charge in [0.05, 0.1) is 30.6 Å². The molecule has 1 N–H and O–H groups in total. The minimum atomic E-state index is -1.22. The molecular weight excluding hydrogens is 292 g/mol. The number of aromatic carboxylic acids is 1. The van der Waals surface area contributed by atoms with Gasteiger partial charge in [0.15, 0.2) is 6.79 Å². The Balaban J connectivity index is 2.57. The molecule has 0 aliphatic rings. The van der Waals surface area contributed by atoms with Gasteiger partial charge in [0, 0.05) is 0 Å². The molecule has 1 aromatic carbocycles. The number of carbonyl (C=O) groups excluding carboxylic acids is 1. The molecule has 7 heteroatoms. The molecule has 7 nitrogen and oxygen atoms in total. The fraction of sp³-hybridized carbons (Fsp3) is 0.333. The van der Waals surface area contributed by atoms with Crippen molar-refractivity contribution in [3.05, 3.63) is 41.7 Å². The maximum Gasteiger partial charge on any atom is 0.339 e. The number of hydrogen-bond acceptors (Lipinski definition) is 6. The minimum absolute atomic E-state index is 0.00637. The highest BCUT2D eigenvalue weighted by Gasteiger charge is 2.18. The van der Waals surface area contributed by atoms with Crippen LogP contribution in [0.5, 0.6) is 5.75 Å². The topological polar surface area (TPSA) is 91.3 Å². The molecule has 0 amide bonds. The van der Waals surface area contributed by atoms with Crippen molar-refractivity contribution in [2.24, 2.45) is 0 Å². The summed E-state index contributed by atoms with van der Waals surface area (Å²) in [6.45, 7) is 5.30. The highest BCUT2D eigenvalue weighted by molar-refractivity contribution is 6.02. The van der Waals surface area contributed by atoms with Crippen LogP contribution in [0.4, 0.5) is 0 Å². The Morgan fingerprint density at radius 2 is 1.91 bits per heavy atom. The number of carboxylic acid groups (broad SMARTS) is 1.